The van der Waals surface area contributed by atoms with Crippen LogP contribution in [0.5, 0.6) is 0 Å². The van der Waals surface area contributed by atoms with E-state index in [9.17, 15) is 8.60 Å². The Morgan fingerprint density at radius 3 is 2.94 bits per heavy atom. The first-order valence-electron chi connectivity index (χ1n) is 5.34. The third-order valence-corrected chi connectivity index (χ3v) is 3.74. The van der Waals surface area contributed by atoms with E-state index in [1.165, 1.54) is 12.1 Å². The van der Waals surface area contributed by atoms with Gasteiger partial charge < -0.3 is 0 Å². The molecule has 1 aromatic carbocycles. The highest BCUT2D eigenvalue weighted by molar-refractivity contribution is 7.84. The second-order valence-corrected chi connectivity index (χ2v) is 5.10. The Labute approximate surface area is 102 Å². The molecule has 0 fully saturated rings. The lowest BCUT2D eigenvalue weighted by Crippen LogP contribution is -1.96. The maximum Gasteiger partial charge on any atom is 0.124 e. The topological polar surface area (TPSA) is 34.9 Å². The van der Waals surface area contributed by atoms with Gasteiger partial charge in [-0.1, -0.05) is 6.07 Å². The minimum absolute atomic E-state index is 0.361. The lowest BCUT2D eigenvalue weighted by atomic mass is 10.3. The second-order valence-electron chi connectivity index (χ2n) is 3.65. The minimum atomic E-state index is -1.23. The Kier molecular flexibility index (Phi) is 3.68. The van der Waals surface area contributed by atoms with E-state index < -0.39 is 10.8 Å². The zero-order chi connectivity index (χ0) is 12.3. The predicted molar refractivity (Wildman–Crippen MR) is 64.4 cm³/mol. The average Bonchev–Trinajstić information content (AvgIpc) is 2.77. The SMILES string of the molecule is CCn1cc(CS(=O)c2cccc(F)c2)cn1. The zero-order valence-corrected chi connectivity index (χ0v) is 10.3. The summed E-state index contributed by atoms with van der Waals surface area (Å²) in [5, 5.41) is 4.11. The highest BCUT2D eigenvalue weighted by atomic mass is 32.2. The molecular formula is C12H13FN2OS. The number of hydrogen-bond donors (Lipinski definition) is 0. The maximum atomic E-state index is 13.0. The molecule has 0 saturated carbocycles. The molecule has 0 aliphatic carbocycles. The number of benzene rings is 1. The van der Waals surface area contributed by atoms with Gasteiger partial charge in [0.2, 0.25) is 0 Å². The van der Waals surface area contributed by atoms with E-state index in [2.05, 4.69) is 5.10 Å². The van der Waals surface area contributed by atoms with Crippen LogP contribution in [0.2, 0.25) is 0 Å². The standard InChI is InChI=1S/C12H13FN2OS/c1-2-15-8-10(7-14-15)9-17(16)12-5-3-4-11(13)6-12/h3-8H,2,9H2,1H3. The van der Waals surface area contributed by atoms with Crippen LogP contribution in [0.4, 0.5) is 4.39 Å². The summed E-state index contributed by atoms with van der Waals surface area (Å²) in [6, 6.07) is 5.89. The van der Waals surface area contributed by atoms with Gasteiger partial charge in [-0.2, -0.15) is 5.10 Å². The van der Waals surface area contributed by atoms with Gasteiger partial charge in [0.25, 0.3) is 0 Å². The minimum Gasteiger partial charge on any atom is -0.273 e. The van der Waals surface area contributed by atoms with E-state index in [0.717, 1.165) is 12.1 Å². The molecule has 2 rings (SSSR count). The van der Waals surface area contributed by atoms with E-state index in [-0.39, 0.29) is 5.82 Å². The Morgan fingerprint density at radius 1 is 1.47 bits per heavy atom. The number of rotatable bonds is 4. The fraction of sp³-hybridized carbons (Fsp3) is 0.250. The number of aryl methyl sites for hydroxylation is 1. The highest BCUT2D eigenvalue weighted by Crippen LogP contribution is 2.13. The molecule has 1 aromatic heterocycles. The molecule has 17 heavy (non-hydrogen) atoms. The monoisotopic (exact) mass is 252 g/mol. The largest absolute Gasteiger partial charge is 0.273 e. The van der Waals surface area contributed by atoms with Gasteiger partial charge in [0.1, 0.15) is 5.82 Å². The van der Waals surface area contributed by atoms with Gasteiger partial charge in [-0.15, -0.1) is 0 Å². The first-order valence-corrected chi connectivity index (χ1v) is 6.66. The molecule has 0 radical (unpaired) electrons. The van der Waals surface area contributed by atoms with E-state index in [4.69, 9.17) is 0 Å². The molecule has 2 aromatic rings. The van der Waals surface area contributed by atoms with Gasteiger partial charge in [-0.25, -0.2) is 4.39 Å². The van der Waals surface area contributed by atoms with E-state index in [1.54, 1.807) is 23.0 Å². The third-order valence-electron chi connectivity index (χ3n) is 2.37. The summed E-state index contributed by atoms with van der Waals surface area (Å²) in [6.07, 6.45) is 3.55. The van der Waals surface area contributed by atoms with Crippen molar-refractivity contribution < 1.29 is 8.60 Å². The van der Waals surface area contributed by atoms with Crippen molar-refractivity contribution >= 4 is 10.8 Å². The first-order chi connectivity index (χ1) is 8.19. The van der Waals surface area contributed by atoms with Gasteiger partial charge in [0.15, 0.2) is 0 Å². The van der Waals surface area contributed by atoms with Crippen molar-refractivity contribution in [3.05, 3.63) is 48.0 Å². The molecule has 0 amide bonds. The van der Waals surface area contributed by atoms with Gasteiger partial charge in [-0.3, -0.25) is 8.89 Å². The molecule has 3 nitrogen and oxygen atoms in total. The zero-order valence-electron chi connectivity index (χ0n) is 9.47. The molecule has 0 saturated heterocycles. The van der Waals surface area contributed by atoms with E-state index in [1.807, 2.05) is 13.1 Å². The maximum absolute atomic E-state index is 13.0. The molecule has 1 atom stereocenters. The summed E-state index contributed by atoms with van der Waals surface area (Å²) < 4.78 is 26.7. The lowest BCUT2D eigenvalue weighted by molar-refractivity contribution is 0.622. The Balaban J connectivity index is 2.11. The van der Waals surface area contributed by atoms with Crippen LogP contribution in [-0.4, -0.2) is 14.0 Å². The fourth-order valence-corrected chi connectivity index (χ4v) is 2.59. The molecule has 0 N–H and O–H groups in total. The molecule has 0 bridgehead atoms. The van der Waals surface area contributed by atoms with Crippen LogP contribution in [0, 0.1) is 5.82 Å². The van der Waals surface area contributed by atoms with Gasteiger partial charge in [-0.05, 0) is 25.1 Å². The molecule has 1 unspecified atom stereocenters. The summed E-state index contributed by atoms with van der Waals surface area (Å²) in [4.78, 5) is 0.509. The normalized spacial score (nSPS) is 12.6. The Morgan fingerprint density at radius 2 is 2.29 bits per heavy atom. The number of aromatic nitrogens is 2. The summed E-state index contributed by atoms with van der Waals surface area (Å²) >= 11 is 0. The third kappa shape index (κ3) is 3.00. The van der Waals surface area contributed by atoms with Crippen molar-refractivity contribution in [2.24, 2.45) is 0 Å². The predicted octanol–water partition coefficient (Wildman–Crippen LogP) is 2.35. The number of nitrogens with zero attached hydrogens (tertiary/aromatic N) is 2. The summed E-state index contributed by atoms with van der Waals surface area (Å²) in [6.45, 7) is 2.77. The Hall–Kier alpha value is -1.49. The first kappa shape index (κ1) is 12.0. The van der Waals surface area contributed by atoms with Crippen LogP contribution in [-0.2, 0) is 23.1 Å². The molecule has 90 valence electrons. The van der Waals surface area contributed by atoms with E-state index in [0.29, 0.717) is 10.6 Å². The smallest absolute Gasteiger partial charge is 0.124 e. The van der Waals surface area contributed by atoms with Gasteiger partial charge >= 0.3 is 0 Å². The number of halogens is 1. The van der Waals surface area contributed by atoms with Crippen LogP contribution < -0.4 is 0 Å². The van der Waals surface area contributed by atoms with Crippen LogP contribution in [0.15, 0.2) is 41.6 Å². The second kappa shape index (κ2) is 5.23. The van der Waals surface area contributed by atoms with Gasteiger partial charge in [0.05, 0.1) is 22.7 Å². The van der Waals surface area contributed by atoms with Crippen LogP contribution in [0.3, 0.4) is 0 Å². The molecular weight excluding hydrogens is 239 g/mol. The van der Waals surface area contributed by atoms with Crippen LogP contribution in [0.25, 0.3) is 0 Å². The molecule has 5 heteroatoms. The quantitative estimate of drug-likeness (QED) is 0.837. The molecule has 0 aliphatic rings. The van der Waals surface area contributed by atoms with Gasteiger partial charge in [0, 0.05) is 23.2 Å². The van der Waals surface area contributed by atoms with Crippen LogP contribution in [0.1, 0.15) is 12.5 Å². The van der Waals surface area contributed by atoms with Crippen molar-refractivity contribution in [1.82, 2.24) is 9.78 Å². The summed E-state index contributed by atoms with van der Waals surface area (Å²) in [5.41, 5.74) is 0.898. The van der Waals surface area contributed by atoms with Crippen molar-refractivity contribution in [3.63, 3.8) is 0 Å². The highest BCUT2D eigenvalue weighted by Gasteiger charge is 2.07. The van der Waals surface area contributed by atoms with Crippen LogP contribution >= 0.6 is 0 Å². The number of hydrogen-bond acceptors (Lipinski definition) is 2. The summed E-state index contributed by atoms with van der Waals surface area (Å²) in [7, 11) is -1.23. The Bertz CT molecular complexity index is 539. The summed E-state index contributed by atoms with van der Waals surface area (Å²) in [5.74, 6) is 0.00352. The van der Waals surface area contributed by atoms with Crippen molar-refractivity contribution in [2.75, 3.05) is 0 Å². The van der Waals surface area contributed by atoms with Crippen molar-refractivity contribution in [1.29, 1.82) is 0 Å². The lowest BCUT2D eigenvalue weighted by Gasteiger charge is -2.00. The molecule has 0 aliphatic heterocycles. The molecule has 1 heterocycles. The fourth-order valence-electron chi connectivity index (χ4n) is 1.50. The van der Waals surface area contributed by atoms with Crippen molar-refractivity contribution in [2.45, 2.75) is 24.1 Å². The van der Waals surface area contributed by atoms with Crippen molar-refractivity contribution in [3.8, 4) is 0 Å². The average molecular weight is 252 g/mol. The van der Waals surface area contributed by atoms with E-state index >= 15 is 0 Å². The molecule has 0 spiro atoms.